The molecule has 2 aliphatic heterocycles. The number of likely N-dealkylation sites (N-methyl/N-ethyl adjacent to an activating group) is 1. The molecule has 5 aromatic rings. The largest absolute Gasteiger partial charge is 0.471 e. The van der Waals surface area contributed by atoms with Gasteiger partial charge in [0.2, 0.25) is 11.8 Å². The van der Waals surface area contributed by atoms with Crippen LogP contribution in [0, 0.1) is 17.8 Å². The number of carbonyl (C=O) groups is 4. The van der Waals surface area contributed by atoms with Gasteiger partial charge in [-0.05, 0) is 81.0 Å². The van der Waals surface area contributed by atoms with Gasteiger partial charge in [-0.15, -0.1) is 0 Å². The van der Waals surface area contributed by atoms with Crippen LogP contribution < -0.4 is 10.6 Å². The second-order valence-electron chi connectivity index (χ2n) is 17.3. The Kier molecular flexibility index (Phi) is 17.9. The summed E-state index contributed by atoms with van der Waals surface area (Å²) in [6.45, 7) is 12.4. The van der Waals surface area contributed by atoms with E-state index in [-0.39, 0.29) is 42.3 Å². The van der Waals surface area contributed by atoms with Crippen molar-refractivity contribution in [2.24, 2.45) is 17.8 Å². The number of benzene rings is 2. The summed E-state index contributed by atoms with van der Waals surface area (Å²) in [6, 6.07) is 11.3. The number of alkyl carbamates (subject to hydrolysis) is 1. The lowest BCUT2D eigenvalue weighted by atomic mass is 9.90. The first-order valence-electron chi connectivity index (χ1n) is 22.9. The summed E-state index contributed by atoms with van der Waals surface area (Å²) in [4.78, 5) is 77.5. The van der Waals surface area contributed by atoms with Crippen molar-refractivity contribution in [2.45, 2.75) is 91.0 Å². The van der Waals surface area contributed by atoms with E-state index in [0.717, 1.165) is 69.8 Å². The topological polar surface area (TPSA) is 222 Å². The fourth-order valence-electron chi connectivity index (χ4n) is 8.78. The number of carbonyl (C=O) groups excluding carboxylic acids is 4. The van der Waals surface area contributed by atoms with E-state index in [0.29, 0.717) is 70.6 Å². The fourth-order valence-corrected chi connectivity index (χ4v) is 8.78. The van der Waals surface area contributed by atoms with Gasteiger partial charge in [-0.1, -0.05) is 51.1 Å². The van der Waals surface area contributed by atoms with Crippen molar-refractivity contribution in [3.8, 4) is 33.6 Å². The second-order valence-corrected chi connectivity index (χ2v) is 17.3. The zero-order valence-corrected chi connectivity index (χ0v) is 39.2. The number of nitrogens with zero attached hydrogens (tertiary/aromatic N) is 5. The maximum absolute atomic E-state index is 14.1. The van der Waals surface area contributed by atoms with Gasteiger partial charge in [0.25, 0.3) is 6.47 Å². The number of imidazole rings is 3. The normalized spacial score (nSPS) is 15.9. The molecule has 18 heteroatoms. The molecule has 0 aliphatic carbocycles. The second kappa shape index (κ2) is 23.9. The van der Waals surface area contributed by atoms with Crippen LogP contribution in [-0.2, 0) is 46.4 Å². The third kappa shape index (κ3) is 12.2. The molecule has 0 saturated carbocycles. The van der Waals surface area contributed by atoms with Gasteiger partial charge < -0.3 is 54.3 Å². The Bertz CT molecular complexity index is 2330. The molecule has 0 radical (unpaired) electrons. The summed E-state index contributed by atoms with van der Waals surface area (Å²) in [5.74, 6) is 1.77. The maximum atomic E-state index is 14.1. The number of amides is 3. The summed E-state index contributed by atoms with van der Waals surface area (Å²) in [5.41, 5.74) is 7.23. The summed E-state index contributed by atoms with van der Waals surface area (Å²) in [6.07, 6.45) is 8.50. The van der Waals surface area contributed by atoms with Crippen LogP contribution in [-0.4, -0.2) is 136 Å². The SMILES string of the molecule is CC[C@H](C)N(Cc1ncc(-c2ccc(-c3ccc(-c4cnc(CN(CC(C)C)C(=O)C(NC)C5CCOCC5)[nH]4)c4nc[nH]c34)cc2)[nH]1)C(=O)C(NC(=O)OC)C1CCOCC1.COC=O. The highest BCUT2D eigenvalue weighted by Crippen LogP contribution is 2.34. The third-order valence-corrected chi connectivity index (χ3v) is 12.5. The summed E-state index contributed by atoms with van der Waals surface area (Å²) in [7, 11) is 4.49. The van der Waals surface area contributed by atoms with Gasteiger partial charge in [0, 0.05) is 50.1 Å². The zero-order valence-electron chi connectivity index (χ0n) is 39.2. The van der Waals surface area contributed by atoms with Crippen LogP contribution in [0.25, 0.3) is 44.7 Å². The number of aromatic nitrogens is 6. The number of methoxy groups -OCH3 is 2. The molecular formula is C48H66N10O8. The van der Waals surface area contributed by atoms with Crippen LogP contribution in [0.1, 0.15) is 71.4 Å². The minimum absolute atomic E-state index is 0.0571. The van der Waals surface area contributed by atoms with Gasteiger partial charge in [0.15, 0.2) is 0 Å². The molecule has 356 valence electrons. The number of aromatic amines is 3. The summed E-state index contributed by atoms with van der Waals surface area (Å²) < 4.78 is 19.9. The molecular weight excluding hydrogens is 845 g/mol. The molecule has 2 fully saturated rings. The van der Waals surface area contributed by atoms with Crippen LogP contribution in [0.4, 0.5) is 4.79 Å². The molecule has 0 spiro atoms. The quantitative estimate of drug-likeness (QED) is 0.0632. The molecule has 3 amide bonds. The Morgan fingerprint density at radius 2 is 1.38 bits per heavy atom. The smallest absolute Gasteiger partial charge is 0.407 e. The highest BCUT2D eigenvalue weighted by Gasteiger charge is 2.37. The Balaban J connectivity index is 0.00000173. The number of nitrogens with one attached hydrogen (secondary N) is 5. The van der Waals surface area contributed by atoms with Crippen molar-refractivity contribution in [3.63, 3.8) is 0 Å². The minimum atomic E-state index is -0.726. The molecule has 18 nitrogen and oxygen atoms in total. The van der Waals surface area contributed by atoms with E-state index in [9.17, 15) is 14.4 Å². The van der Waals surface area contributed by atoms with E-state index >= 15 is 0 Å². The highest BCUT2D eigenvalue weighted by atomic mass is 16.5. The molecule has 5 N–H and O–H groups in total. The van der Waals surface area contributed by atoms with Crippen molar-refractivity contribution in [3.05, 3.63) is 66.8 Å². The van der Waals surface area contributed by atoms with Gasteiger partial charge >= 0.3 is 6.09 Å². The van der Waals surface area contributed by atoms with Gasteiger partial charge in [-0.2, -0.15) is 0 Å². The molecule has 2 aromatic carbocycles. The first-order chi connectivity index (χ1) is 32.0. The van der Waals surface area contributed by atoms with Crippen molar-refractivity contribution in [1.29, 1.82) is 0 Å². The number of rotatable bonds is 18. The standard InChI is InChI=1S/C46H62N10O6.C2H4O2/c1-7-29(4)56(45(58)41(54-46(59)60-6)33-16-20-62-21-17-33)26-39-48-22-36(52-39)31-10-8-30(9-11-31)34-12-13-35(43-42(34)50-27-51-43)37-23-49-38(53-37)25-55(24-28(2)3)44(57)40(47-5)32-14-18-61-19-15-32;1-4-2-3/h8-13,22-23,27-29,32-33,40-41,47H,7,14-21,24-26H2,1-6H3,(H,48,52)(H,49,53)(H,50,51)(H,54,59);2H,1H3/t29-,40?,41?;/m0./s1. The van der Waals surface area contributed by atoms with Crippen LogP contribution in [0.2, 0.25) is 0 Å². The maximum Gasteiger partial charge on any atom is 0.407 e. The van der Waals surface area contributed by atoms with E-state index in [2.05, 4.69) is 73.4 Å². The number of ether oxygens (including phenoxy) is 4. The van der Waals surface area contributed by atoms with E-state index in [4.69, 9.17) is 29.0 Å². The van der Waals surface area contributed by atoms with Crippen molar-refractivity contribution < 1.29 is 38.1 Å². The molecule has 66 heavy (non-hydrogen) atoms. The molecule has 2 unspecified atom stereocenters. The minimum Gasteiger partial charge on any atom is -0.471 e. The molecule has 3 aromatic heterocycles. The Morgan fingerprint density at radius 3 is 1.97 bits per heavy atom. The Labute approximate surface area is 386 Å². The van der Waals surface area contributed by atoms with Crippen molar-refractivity contribution >= 4 is 35.4 Å². The highest BCUT2D eigenvalue weighted by molar-refractivity contribution is 6.00. The molecule has 0 bridgehead atoms. The van der Waals surface area contributed by atoms with Gasteiger partial charge in [-0.3, -0.25) is 14.4 Å². The monoisotopic (exact) mass is 911 g/mol. The van der Waals surface area contributed by atoms with E-state index in [1.807, 2.05) is 44.1 Å². The predicted molar refractivity (Wildman–Crippen MR) is 250 cm³/mol. The molecule has 7 rings (SSSR count). The number of hydrogen-bond donors (Lipinski definition) is 5. The number of fused-ring (bicyclic) bond motifs is 1. The van der Waals surface area contributed by atoms with E-state index < -0.39 is 12.1 Å². The Hall–Kier alpha value is -6.11. The number of H-pyrrole nitrogens is 3. The summed E-state index contributed by atoms with van der Waals surface area (Å²) in [5, 5.41) is 6.12. The fraction of sp³-hybridized carbons (Fsp3) is 0.521. The lowest BCUT2D eigenvalue weighted by molar-refractivity contribution is -0.139. The molecule has 2 saturated heterocycles. The van der Waals surface area contributed by atoms with Gasteiger partial charge in [0.05, 0.1) is 74.5 Å². The van der Waals surface area contributed by atoms with Crippen LogP contribution in [0.5, 0.6) is 0 Å². The van der Waals surface area contributed by atoms with E-state index in [1.165, 1.54) is 14.2 Å². The molecule has 5 heterocycles. The average Bonchev–Trinajstić information content (AvgIpc) is 4.15. The lowest BCUT2D eigenvalue weighted by Gasteiger charge is -2.36. The first-order valence-corrected chi connectivity index (χ1v) is 22.9. The molecule has 3 atom stereocenters. The first kappa shape index (κ1) is 49.3. The van der Waals surface area contributed by atoms with Crippen LogP contribution in [0.3, 0.4) is 0 Å². The van der Waals surface area contributed by atoms with Crippen molar-refractivity contribution in [2.75, 3.05) is 54.2 Å². The zero-order chi connectivity index (χ0) is 47.2. The third-order valence-electron chi connectivity index (χ3n) is 12.5. The van der Waals surface area contributed by atoms with Crippen molar-refractivity contribution in [1.82, 2.24) is 50.3 Å². The van der Waals surface area contributed by atoms with Gasteiger partial charge in [-0.25, -0.2) is 19.7 Å². The molecule has 2 aliphatic rings. The van der Waals surface area contributed by atoms with Gasteiger partial charge in [0.1, 0.15) is 17.7 Å². The lowest BCUT2D eigenvalue weighted by Crippen LogP contribution is -2.55. The summed E-state index contributed by atoms with van der Waals surface area (Å²) >= 11 is 0. The average molecular weight is 911 g/mol. The van der Waals surface area contributed by atoms with E-state index in [1.54, 1.807) is 17.4 Å². The van der Waals surface area contributed by atoms with Crippen LogP contribution >= 0.6 is 0 Å². The number of hydrogen-bond acceptors (Lipinski definition) is 12. The van der Waals surface area contributed by atoms with Crippen LogP contribution in [0.15, 0.2) is 55.1 Å². The predicted octanol–water partition coefficient (Wildman–Crippen LogP) is 6.08. The Morgan fingerprint density at radius 1 is 0.803 bits per heavy atom.